The van der Waals surface area contributed by atoms with Gasteiger partial charge in [-0.1, -0.05) is 55.8 Å². The molecule has 0 radical (unpaired) electrons. The first-order valence-electron chi connectivity index (χ1n) is 10.1. The van der Waals surface area contributed by atoms with E-state index in [-0.39, 0.29) is 6.54 Å². The molecule has 1 aromatic carbocycles. The van der Waals surface area contributed by atoms with Crippen molar-refractivity contribution < 1.29 is 18.3 Å². The summed E-state index contributed by atoms with van der Waals surface area (Å²) < 4.78 is 33.2. The number of H-pyrrole nitrogens is 1. The van der Waals surface area contributed by atoms with Crippen LogP contribution in [0, 0.1) is 0 Å². The first-order chi connectivity index (χ1) is 13.9. The standard InChI is InChI=1S/C18H22BrF2N3O2.2C2H6/c1-17(2,3)26-16(25)24(11-18(4,20)21)10-15-22-9-14(23-15)12-5-7-13(19)8-6-12;2*1-2/h5-9H,10-11H2,1-4H3,(H,22,23);2*1-2H3. The third kappa shape index (κ3) is 10.7. The van der Waals surface area contributed by atoms with Gasteiger partial charge in [-0.25, -0.2) is 18.6 Å². The van der Waals surface area contributed by atoms with Crippen LogP contribution in [0.1, 0.15) is 61.2 Å². The monoisotopic (exact) mass is 489 g/mol. The number of benzene rings is 1. The number of ether oxygens (including phenoxy) is 1. The maximum atomic E-state index is 13.5. The number of hydrogen-bond acceptors (Lipinski definition) is 3. The fraction of sp³-hybridized carbons (Fsp3) is 0.545. The molecule has 0 aliphatic rings. The Morgan fingerprint density at radius 1 is 1.10 bits per heavy atom. The fourth-order valence-corrected chi connectivity index (χ4v) is 2.51. The van der Waals surface area contributed by atoms with Gasteiger partial charge in [0.2, 0.25) is 0 Å². The number of carbonyl (C=O) groups is 1. The van der Waals surface area contributed by atoms with E-state index in [0.29, 0.717) is 5.82 Å². The number of alkyl halides is 2. The molecule has 0 unspecified atom stereocenters. The molecule has 0 aliphatic carbocycles. The van der Waals surface area contributed by atoms with Gasteiger partial charge in [0.1, 0.15) is 11.4 Å². The van der Waals surface area contributed by atoms with E-state index in [1.165, 1.54) is 0 Å². The van der Waals surface area contributed by atoms with E-state index in [4.69, 9.17) is 4.74 Å². The zero-order chi connectivity index (χ0) is 23.5. The SMILES string of the molecule is CC.CC.CC(F)(F)CN(Cc1ncc(-c2ccc(Br)cc2)[nH]1)C(=O)OC(C)(C)C. The van der Waals surface area contributed by atoms with Crippen molar-refractivity contribution >= 4 is 22.0 Å². The van der Waals surface area contributed by atoms with E-state index >= 15 is 0 Å². The largest absolute Gasteiger partial charge is 0.444 e. The van der Waals surface area contributed by atoms with Gasteiger partial charge in [0.05, 0.1) is 25.0 Å². The molecule has 1 N–H and O–H groups in total. The molecule has 0 fully saturated rings. The summed E-state index contributed by atoms with van der Waals surface area (Å²) >= 11 is 3.37. The number of rotatable bonds is 5. The van der Waals surface area contributed by atoms with Crippen molar-refractivity contribution in [2.75, 3.05) is 6.54 Å². The molecule has 1 amide bonds. The lowest BCUT2D eigenvalue weighted by Gasteiger charge is -2.28. The van der Waals surface area contributed by atoms with E-state index in [9.17, 15) is 13.6 Å². The minimum absolute atomic E-state index is 0.102. The van der Waals surface area contributed by atoms with Crippen LogP contribution >= 0.6 is 15.9 Å². The van der Waals surface area contributed by atoms with E-state index in [2.05, 4.69) is 25.9 Å². The van der Waals surface area contributed by atoms with Crippen LogP contribution in [0.4, 0.5) is 13.6 Å². The number of aromatic amines is 1. The lowest BCUT2D eigenvalue weighted by atomic mass is 10.2. The van der Waals surface area contributed by atoms with Crippen molar-refractivity contribution in [1.82, 2.24) is 14.9 Å². The summed E-state index contributed by atoms with van der Waals surface area (Å²) in [5.41, 5.74) is 0.862. The Morgan fingerprint density at radius 2 is 1.63 bits per heavy atom. The molecule has 0 bridgehead atoms. The van der Waals surface area contributed by atoms with Crippen LogP contribution in [0.2, 0.25) is 0 Å². The van der Waals surface area contributed by atoms with Gasteiger partial charge in [-0.2, -0.15) is 0 Å². The van der Waals surface area contributed by atoms with Crippen LogP contribution < -0.4 is 0 Å². The van der Waals surface area contributed by atoms with Crippen LogP contribution in [-0.2, 0) is 11.3 Å². The van der Waals surface area contributed by atoms with Gasteiger partial charge in [0.25, 0.3) is 5.92 Å². The lowest BCUT2D eigenvalue weighted by Crippen LogP contribution is -2.42. The van der Waals surface area contributed by atoms with Gasteiger partial charge in [-0.3, -0.25) is 4.90 Å². The average Bonchev–Trinajstić information content (AvgIpc) is 3.11. The summed E-state index contributed by atoms with van der Waals surface area (Å²) in [6.45, 7) is 13.0. The minimum atomic E-state index is -3.04. The smallest absolute Gasteiger partial charge is 0.410 e. The number of aromatic nitrogens is 2. The maximum Gasteiger partial charge on any atom is 0.410 e. The predicted octanol–water partition coefficient (Wildman–Crippen LogP) is 7.28. The highest BCUT2D eigenvalue weighted by atomic mass is 79.9. The molecule has 8 heteroatoms. The summed E-state index contributed by atoms with van der Waals surface area (Å²) in [6, 6.07) is 7.57. The molecule has 1 aromatic heterocycles. The molecule has 0 aliphatic heterocycles. The Morgan fingerprint density at radius 3 is 2.10 bits per heavy atom. The quantitative estimate of drug-likeness (QED) is 0.479. The van der Waals surface area contributed by atoms with E-state index in [1.54, 1.807) is 27.0 Å². The van der Waals surface area contributed by atoms with E-state index in [0.717, 1.165) is 27.6 Å². The molecule has 0 atom stereocenters. The van der Waals surface area contributed by atoms with Crippen LogP contribution in [0.3, 0.4) is 0 Å². The van der Waals surface area contributed by atoms with Crippen molar-refractivity contribution in [1.29, 1.82) is 0 Å². The Bertz CT molecular complexity index is 751. The zero-order valence-corrected chi connectivity index (χ0v) is 20.7. The van der Waals surface area contributed by atoms with E-state index in [1.807, 2.05) is 52.0 Å². The first-order valence-corrected chi connectivity index (χ1v) is 10.9. The Hall–Kier alpha value is -1.96. The highest BCUT2D eigenvalue weighted by Crippen LogP contribution is 2.22. The van der Waals surface area contributed by atoms with E-state index < -0.39 is 24.2 Å². The number of halogens is 3. The Kier molecular flexibility index (Phi) is 11.8. The summed E-state index contributed by atoms with van der Waals surface area (Å²) in [4.78, 5) is 20.5. The first kappa shape index (κ1) is 28.0. The van der Waals surface area contributed by atoms with Crippen molar-refractivity contribution in [2.45, 2.75) is 73.5 Å². The number of nitrogens with zero attached hydrogens (tertiary/aromatic N) is 2. The molecule has 0 saturated carbocycles. The second-order valence-electron chi connectivity index (χ2n) is 7.16. The summed E-state index contributed by atoms with van der Waals surface area (Å²) in [5.74, 6) is -2.64. The van der Waals surface area contributed by atoms with Crippen LogP contribution in [0.25, 0.3) is 11.3 Å². The number of nitrogens with one attached hydrogen (secondary N) is 1. The van der Waals surface area contributed by atoms with Crippen LogP contribution in [0.15, 0.2) is 34.9 Å². The fourth-order valence-electron chi connectivity index (χ4n) is 2.25. The van der Waals surface area contributed by atoms with Gasteiger partial charge >= 0.3 is 6.09 Å². The third-order valence-corrected chi connectivity index (χ3v) is 3.77. The second-order valence-corrected chi connectivity index (χ2v) is 8.07. The van der Waals surface area contributed by atoms with Gasteiger partial charge in [-0.05, 0) is 38.5 Å². The normalized spacial score (nSPS) is 10.9. The highest BCUT2D eigenvalue weighted by Gasteiger charge is 2.31. The van der Waals surface area contributed by atoms with Gasteiger partial charge in [0.15, 0.2) is 0 Å². The molecule has 2 rings (SSSR count). The number of amides is 1. The summed E-state index contributed by atoms with van der Waals surface area (Å²) in [7, 11) is 0. The molecule has 0 spiro atoms. The molecule has 30 heavy (non-hydrogen) atoms. The number of imidazole rings is 1. The molecule has 2 aromatic rings. The average molecular weight is 490 g/mol. The Balaban J connectivity index is 0.00000198. The lowest BCUT2D eigenvalue weighted by molar-refractivity contribution is -0.0324. The number of carbonyl (C=O) groups excluding carboxylic acids is 1. The van der Waals surface area contributed by atoms with Gasteiger partial charge in [0, 0.05) is 11.4 Å². The van der Waals surface area contributed by atoms with Crippen molar-refractivity contribution in [3.8, 4) is 11.3 Å². The molecular formula is C22H34BrF2N3O2. The topological polar surface area (TPSA) is 58.2 Å². The minimum Gasteiger partial charge on any atom is -0.444 e. The summed E-state index contributed by atoms with van der Waals surface area (Å²) in [5, 5.41) is 0. The second kappa shape index (κ2) is 12.7. The zero-order valence-electron chi connectivity index (χ0n) is 19.1. The predicted molar refractivity (Wildman–Crippen MR) is 122 cm³/mol. The summed E-state index contributed by atoms with van der Waals surface area (Å²) in [6.07, 6.45) is 0.802. The van der Waals surface area contributed by atoms with Crippen LogP contribution in [-0.4, -0.2) is 39.0 Å². The van der Waals surface area contributed by atoms with Gasteiger partial charge < -0.3 is 9.72 Å². The van der Waals surface area contributed by atoms with Crippen molar-refractivity contribution in [3.63, 3.8) is 0 Å². The number of hydrogen-bond donors (Lipinski definition) is 1. The highest BCUT2D eigenvalue weighted by molar-refractivity contribution is 9.10. The maximum absolute atomic E-state index is 13.5. The molecule has 170 valence electrons. The van der Waals surface area contributed by atoms with Gasteiger partial charge in [-0.15, -0.1) is 0 Å². The Labute approximate surface area is 187 Å². The molecule has 0 saturated heterocycles. The third-order valence-electron chi connectivity index (χ3n) is 3.24. The van der Waals surface area contributed by atoms with Crippen LogP contribution in [0.5, 0.6) is 0 Å². The molecule has 5 nitrogen and oxygen atoms in total. The van der Waals surface area contributed by atoms with Crippen molar-refractivity contribution in [2.24, 2.45) is 0 Å². The molecule has 1 heterocycles. The molecular weight excluding hydrogens is 456 g/mol. The van der Waals surface area contributed by atoms with Crippen molar-refractivity contribution in [3.05, 3.63) is 40.8 Å².